The third kappa shape index (κ3) is 2.80. The molecule has 0 saturated carbocycles. The molecule has 0 spiro atoms. The first-order chi connectivity index (χ1) is 10.1. The first kappa shape index (κ1) is 14.8. The number of hydrogen-bond donors (Lipinski definition) is 1. The zero-order chi connectivity index (χ0) is 15.0. The molecular weight excluding hydrogens is 264 g/mol. The Labute approximate surface area is 127 Å². The first-order valence-electron chi connectivity index (χ1n) is 7.89. The van der Waals surface area contributed by atoms with Crippen molar-refractivity contribution in [2.75, 3.05) is 33.8 Å². The number of aliphatic hydroxyl groups is 1. The number of hydrogen-bond acceptors (Lipinski definition) is 4. The van der Waals surface area contributed by atoms with Gasteiger partial charge in [0.2, 0.25) is 0 Å². The maximum atomic E-state index is 10.8. The molecule has 1 aliphatic heterocycles. The largest absolute Gasteiger partial charge is 0.497 e. The number of rotatable bonds is 2. The Bertz CT molecular complexity index is 506. The van der Waals surface area contributed by atoms with Crippen molar-refractivity contribution >= 4 is 0 Å². The molecule has 3 rings (SSSR count). The molecule has 0 aromatic heterocycles. The number of piperazine rings is 1. The fourth-order valence-corrected chi connectivity index (χ4v) is 3.64. The first-order valence-corrected chi connectivity index (χ1v) is 7.89. The second-order valence-corrected chi connectivity index (χ2v) is 6.44. The van der Waals surface area contributed by atoms with Crippen LogP contribution in [-0.2, 0) is 6.42 Å². The normalized spacial score (nSPS) is 31.0. The van der Waals surface area contributed by atoms with Crippen LogP contribution in [0, 0.1) is 0 Å². The molecule has 1 heterocycles. The van der Waals surface area contributed by atoms with Crippen LogP contribution in [0.5, 0.6) is 5.75 Å². The van der Waals surface area contributed by atoms with Crippen molar-refractivity contribution in [3.63, 3.8) is 0 Å². The van der Waals surface area contributed by atoms with Crippen molar-refractivity contribution in [3.8, 4) is 5.75 Å². The number of nitrogens with zero attached hydrogens (tertiary/aromatic N) is 2. The zero-order valence-corrected chi connectivity index (χ0v) is 13.2. The molecule has 4 heteroatoms. The van der Waals surface area contributed by atoms with Crippen LogP contribution in [0.2, 0.25) is 0 Å². The van der Waals surface area contributed by atoms with Crippen molar-refractivity contribution < 1.29 is 9.84 Å². The summed E-state index contributed by atoms with van der Waals surface area (Å²) in [6, 6.07) is 6.87. The predicted octanol–water partition coefficient (Wildman–Crippen LogP) is 1.68. The number of benzene rings is 1. The van der Waals surface area contributed by atoms with E-state index >= 15 is 0 Å². The Hall–Kier alpha value is -1.10. The van der Waals surface area contributed by atoms with E-state index in [0.29, 0.717) is 6.04 Å². The second-order valence-electron chi connectivity index (χ2n) is 6.44. The Morgan fingerprint density at radius 1 is 1.29 bits per heavy atom. The Kier molecular flexibility index (Phi) is 4.20. The van der Waals surface area contributed by atoms with Gasteiger partial charge in [-0.15, -0.1) is 0 Å². The summed E-state index contributed by atoms with van der Waals surface area (Å²) in [5.74, 6) is 0.882. The molecule has 1 N–H and O–H groups in total. The van der Waals surface area contributed by atoms with E-state index < -0.39 is 0 Å². The molecule has 1 aliphatic carbocycles. The predicted molar refractivity (Wildman–Crippen MR) is 83.7 cm³/mol. The van der Waals surface area contributed by atoms with E-state index in [0.717, 1.165) is 43.8 Å². The Balaban J connectivity index is 1.77. The monoisotopic (exact) mass is 290 g/mol. The number of ether oxygens (including phenoxy) is 1. The summed E-state index contributed by atoms with van der Waals surface area (Å²) in [7, 11) is 3.87. The minimum absolute atomic E-state index is 0.252. The van der Waals surface area contributed by atoms with Crippen LogP contribution in [-0.4, -0.2) is 60.8 Å². The van der Waals surface area contributed by atoms with Gasteiger partial charge in [-0.2, -0.15) is 0 Å². The third-order valence-electron chi connectivity index (χ3n) is 5.20. The summed E-state index contributed by atoms with van der Waals surface area (Å²) in [6.45, 7) is 5.44. The van der Waals surface area contributed by atoms with E-state index in [-0.39, 0.29) is 12.1 Å². The fourth-order valence-electron chi connectivity index (χ4n) is 3.64. The van der Waals surface area contributed by atoms with Gasteiger partial charge in [0, 0.05) is 31.7 Å². The van der Waals surface area contributed by atoms with Crippen LogP contribution in [0.4, 0.5) is 0 Å². The highest BCUT2D eigenvalue weighted by Gasteiger charge is 2.35. The standard InChI is InChI=1S/C17H26N2O2/c1-12-11-19(9-8-18(12)2)16-7-4-13-10-14(21-3)5-6-15(13)17(16)20/h5-6,10,12,16-17,20H,4,7-9,11H2,1-3H3. The van der Waals surface area contributed by atoms with Gasteiger partial charge in [-0.1, -0.05) is 6.07 Å². The number of methoxy groups -OCH3 is 1. The van der Waals surface area contributed by atoms with Gasteiger partial charge >= 0.3 is 0 Å². The lowest BCUT2D eigenvalue weighted by atomic mass is 9.84. The molecule has 0 amide bonds. The summed E-state index contributed by atoms with van der Waals surface area (Å²) < 4.78 is 5.29. The zero-order valence-electron chi connectivity index (χ0n) is 13.2. The molecule has 0 bridgehead atoms. The lowest BCUT2D eigenvalue weighted by Crippen LogP contribution is -2.55. The number of fused-ring (bicyclic) bond motifs is 1. The van der Waals surface area contributed by atoms with Gasteiger partial charge in [-0.3, -0.25) is 4.90 Å². The van der Waals surface area contributed by atoms with Gasteiger partial charge in [-0.05, 0) is 50.1 Å². The molecule has 1 aromatic rings. The van der Waals surface area contributed by atoms with Crippen molar-refractivity contribution in [2.45, 2.75) is 38.0 Å². The van der Waals surface area contributed by atoms with Crippen LogP contribution in [0.1, 0.15) is 30.6 Å². The molecule has 21 heavy (non-hydrogen) atoms. The Morgan fingerprint density at radius 3 is 2.81 bits per heavy atom. The van der Waals surface area contributed by atoms with E-state index in [2.05, 4.69) is 29.8 Å². The average molecular weight is 290 g/mol. The Morgan fingerprint density at radius 2 is 2.10 bits per heavy atom. The van der Waals surface area contributed by atoms with Crippen LogP contribution >= 0.6 is 0 Å². The van der Waals surface area contributed by atoms with Crippen LogP contribution in [0.15, 0.2) is 18.2 Å². The van der Waals surface area contributed by atoms with Gasteiger partial charge in [0.05, 0.1) is 13.2 Å². The third-order valence-corrected chi connectivity index (χ3v) is 5.20. The highest BCUT2D eigenvalue weighted by molar-refractivity contribution is 5.39. The molecule has 1 fully saturated rings. The van der Waals surface area contributed by atoms with Gasteiger partial charge in [-0.25, -0.2) is 0 Å². The molecule has 1 aromatic carbocycles. The molecule has 1 saturated heterocycles. The number of aliphatic hydroxyl groups excluding tert-OH is 1. The number of aryl methyl sites for hydroxylation is 1. The van der Waals surface area contributed by atoms with Gasteiger partial charge in [0.1, 0.15) is 5.75 Å². The molecule has 4 nitrogen and oxygen atoms in total. The molecule has 3 unspecified atom stereocenters. The lowest BCUT2D eigenvalue weighted by molar-refractivity contribution is -0.00275. The lowest BCUT2D eigenvalue weighted by Gasteiger charge is -2.45. The molecule has 0 radical (unpaired) electrons. The second kappa shape index (κ2) is 5.95. The molecule has 116 valence electrons. The maximum absolute atomic E-state index is 10.8. The minimum Gasteiger partial charge on any atom is -0.497 e. The van der Waals surface area contributed by atoms with E-state index in [4.69, 9.17) is 4.74 Å². The summed E-state index contributed by atoms with van der Waals surface area (Å²) >= 11 is 0. The summed E-state index contributed by atoms with van der Waals surface area (Å²) in [5.41, 5.74) is 2.32. The van der Waals surface area contributed by atoms with Crippen molar-refractivity contribution in [1.29, 1.82) is 0 Å². The SMILES string of the molecule is COc1ccc2c(c1)CCC(N1CCN(C)C(C)C1)C2O. The number of likely N-dealkylation sites (N-methyl/N-ethyl adjacent to an activating group) is 1. The molecule has 3 atom stereocenters. The van der Waals surface area contributed by atoms with Gasteiger partial charge < -0.3 is 14.7 Å². The van der Waals surface area contributed by atoms with Crippen LogP contribution in [0.25, 0.3) is 0 Å². The topological polar surface area (TPSA) is 35.9 Å². The van der Waals surface area contributed by atoms with Crippen molar-refractivity contribution in [3.05, 3.63) is 29.3 Å². The van der Waals surface area contributed by atoms with E-state index in [1.807, 2.05) is 12.1 Å². The highest BCUT2D eigenvalue weighted by atomic mass is 16.5. The smallest absolute Gasteiger partial charge is 0.119 e. The quantitative estimate of drug-likeness (QED) is 0.899. The highest BCUT2D eigenvalue weighted by Crippen LogP contribution is 2.35. The van der Waals surface area contributed by atoms with Crippen LogP contribution < -0.4 is 4.74 Å². The average Bonchev–Trinajstić information content (AvgIpc) is 2.50. The minimum atomic E-state index is -0.379. The molecule has 2 aliphatic rings. The van der Waals surface area contributed by atoms with E-state index in [1.54, 1.807) is 7.11 Å². The van der Waals surface area contributed by atoms with Crippen molar-refractivity contribution in [1.82, 2.24) is 9.80 Å². The summed E-state index contributed by atoms with van der Waals surface area (Å²) in [6.07, 6.45) is 1.67. The van der Waals surface area contributed by atoms with E-state index in [1.165, 1.54) is 5.56 Å². The van der Waals surface area contributed by atoms with E-state index in [9.17, 15) is 5.11 Å². The van der Waals surface area contributed by atoms with Gasteiger partial charge in [0.15, 0.2) is 0 Å². The maximum Gasteiger partial charge on any atom is 0.119 e. The van der Waals surface area contributed by atoms with Crippen molar-refractivity contribution in [2.24, 2.45) is 0 Å². The van der Waals surface area contributed by atoms with Gasteiger partial charge in [0.25, 0.3) is 0 Å². The summed E-state index contributed by atoms with van der Waals surface area (Å²) in [4.78, 5) is 4.87. The van der Waals surface area contributed by atoms with Crippen LogP contribution in [0.3, 0.4) is 0 Å². The fraction of sp³-hybridized carbons (Fsp3) is 0.647. The molecular formula is C17H26N2O2. The summed E-state index contributed by atoms with van der Waals surface area (Å²) in [5, 5.41) is 10.8.